The number of phenols is 1. The van der Waals surface area contributed by atoms with Crippen molar-refractivity contribution in [2.24, 2.45) is 0 Å². The molecule has 182 valence electrons. The van der Waals surface area contributed by atoms with Crippen LogP contribution in [0.3, 0.4) is 0 Å². The number of halogens is 1. The number of rotatable bonds is 9. The average molecular weight is 480 g/mol. The van der Waals surface area contributed by atoms with Gasteiger partial charge >= 0.3 is 0 Å². The number of hydrogen-bond acceptors (Lipinski definition) is 6. The van der Waals surface area contributed by atoms with Crippen LogP contribution >= 0.6 is 0 Å². The Kier molecular flexibility index (Phi) is 8.34. The molecule has 0 unspecified atom stereocenters. The average Bonchev–Trinajstić information content (AvgIpc) is 2.86. The summed E-state index contributed by atoms with van der Waals surface area (Å²) < 4.78 is 34.4. The van der Waals surface area contributed by atoms with Crippen LogP contribution in [0.15, 0.2) is 54.6 Å². The van der Waals surface area contributed by atoms with Crippen molar-refractivity contribution in [2.75, 3.05) is 33.8 Å². The lowest BCUT2D eigenvalue weighted by molar-refractivity contribution is -0.111. The van der Waals surface area contributed by atoms with Crippen LogP contribution in [0.1, 0.15) is 16.7 Å². The summed E-state index contributed by atoms with van der Waals surface area (Å²) in [4.78, 5) is 12.5. The summed E-state index contributed by atoms with van der Waals surface area (Å²) in [6.07, 6.45) is 6.41. The zero-order valence-electron chi connectivity index (χ0n) is 19.8. The van der Waals surface area contributed by atoms with Crippen LogP contribution in [0.5, 0.6) is 28.7 Å². The fraction of sp³-hybridized carbons (Fsp3) is 0.148. The number of ether oxygens (including phenoxy) is 4. The molecule has 3 aromatic carbocycles. The van der Waals surface area contributed by atoms with Crippen LogP contribution in [0.4, 0.5) is 10.1 Å². The molecular weight excluding hydrogens is 453 g/mol. The Labute approximate surface area is 203 Å². The highest BCUT2D eigenvalue weighted by molar-refractivity contribution is 6.03. The normalized spacial score (nSPS) is 11.0. The first-order chi connectivity index (χ1) is 16.9. The molecule has 0 aliphatic heterocycles. The van der Waals surface area contributed by atoms with E-state index >= 15 is 0 Å². The summed E-state index contributed by atoms with van der Waals surface area (Å²) in [6, 6.07) is 12.5. The maximum Gasteiger partial charge on any atom is 0.248 e. The van der Waals surface area contributed by atoms with Gasteiger partial charge in [0.1, 0.15) is 5.82 Å². The third kappa shape index (κ3) is 6.32. The summed E-state index contributed by atoms with van der Waals surface area (Å²) in [7, 11) is 5.99. The van der Waals surface area contributed by atoms with Crippen LogP contribution in [0.2, 0.25) is 0 Å². The van der Waals surface area contributed by atoms with Gasteiger partial charge in [-0.3, -0.25) is 4.79 Å². The fourth-order valence-corrected chi connectivity index (χ4v) is 3.35. The van der Waals surface area contributed by atoms with Crippen molar-refractivity contribution in [1.29, 1.82) is 0 Å². The summed E-state index contributed by atoms with van der Waals surface area (Å²) in [6.45, 7) is 0. The minimum atomic E-state index is -0.446. The molecule has 0 spiro atoms. The van der Waals surface area contributed by atoms with Crippen LogP contribution in [0.25, 0.3) is 18.2 Å². The van der Waals surface area contributed by atoms with Crippen LogP contribution in [0, 0.1) is 5.82 Å². The van der Waals surface area contributed by atoms with Crippen molar-refractivity contribution < 1.29 is 33.2 Å². The lowest BCUT2D eigenvalue weighted by Gasteiger charge is -2.13. The highest BCUT2D eigenvalue weighted by Gasteiger charge is 2.14. The first-order valence-corrected chi connectivity index (χ1v) is 10.5. The van der Waals surface area contributed by atoms with Crippen molar-refractivity contribution in [2.45, 2.75) is 0 Å². The summed E-state index contributed by atoms with van der Waals surface area (Å²) >= 11 is 0. The molecule has 35 heavy (non-hydrogen) atoms. The van der Waals surface area contributed by atoms with Gasteiger partial charge in [-0.25, -0.2) is 4.39 Å². The van der Waals surface area contributed by atoms with E-state index in [-0.39, 0.29) is 23.0 Å². The van der Waals surface area contributed by atoms with Crippen molar-refractivity contribution in [3.8, 4) is 28.7 Å². The second-order valence-electron chi connectivity index (χ2n) is 7.29. The van der Waals surface area contributed by atoms with Gasteiger partial charge in [0, 0.05) is 6.08 Å². The standard InChI is InChI=1S/C27H26FNO6/c1-32-23-15-19(16-24(33-2)27(23)35-4)6-5-18-13-21(26(34-3)22(30)14-18)29-25(31)12-9-17-7-10-20(28)11-8-17/h5-16,30H,1-4H3,(H,29,31)/b6-5+,12-9+. The third-order valence-electron chi connectivity index (χ3n) is 5.01. The predicted octanol–water partition coefficient (Wildman–Crippen LogP) is 5.39. The second-order valence-corrected chi connectivity index (χ2v) is 7.29. The molecule has 3 rings (SSSR count). The molecular formula is C27H26FNO6. The van der Waals surface area contributed by atoms with E-state index in [4.69, 9.17) is 18.9 Å². The number of amides is 1. The number of anilines is 1. The molecule has 1 amide bonds. The number of methoxy groups -OCH3 is 4. The zero-order valence-corrected chi connectivity index (χ0v) is 19.8. The molecule has 8 heteroatoms. The monoisotopic (exact) mass is 479 g/mol. The summed E-state index contributed by atoms with van der Waals surface area (Å²) in [5.41, 5.74) is 2.32. The summed E-state index contributed by atoms with van der Waals surface area (Å²) in [5, 5.41) is 13.1. The number of nitrogens with one attached hydrogen (secondary N) is 1. The van der Waals surface area contributed by atoms with Crippen LogP contribution in [-0.4, -0.2) is 39.5 Å². The topological polar surface area (TPSA) is 86.2 Å². The zero-order chi connectivity index (χ0) is 25.4. The third-order valence-corrected chi connectivity index (χ3v) is 5.01. The van der Waals surface area contributed by atoms with E-state index in [1.54, 1.807) is 48.6 Å². The molecule has 0 fully saturated rings. The number of benzene rings is 3. The molecule has 0 aliphatic rings. The first kappa shape index (κ1) is 25.2. The maximum atomic E-state index is 13.0. The number of phenolic OH excluding ortho intramolecular Hbond substituents is 1. The number of carbonyl (C=O) groups excluding carboxylic acids is 1. The van der Waals surface area contributed by atoms with Gasteiger partial charge in [0.05, 0.1) is 34.1 Å². The highest BCUT2D eigenvalue weighted by Crippen LogP contribution is 2.39. The quantitative estimate of drug-likeness (QED) is 0.316. The van der Waals surface area contributed by atoms with Gasteiger partial charge in [0.25, 0.3) is 0 Å². The molecule has 0 heterocycles. The smallest absolute Gasteiger partial charge is 0.248 e. The molecule has 0 saturated heterocycles. The van der Waals surface area contributed by atoms with Gasteiger partial charge in [-0.15, -0.1) is 0 Å². The van der Waals surface area contributed by atoms with Crippen molar-refractivity contribution >= 4 is 29.8 Å². The lowest BCUT2D eigenvalue weighted by atomic mass is 10.1. The van der Waals surface area contributed by atoms with Gasteiger partial charge < -0.3 is 29.4 Å². The fourth-order valence-electron chi connectivity index (χ4n) is 3.35. The molecule has 2 N–H and O–H groups in total. The minimum Gasteiger partial charge on any atom is -0.504 e. The maximum absolute atomic E-state index is 13.0. The van der Waals surface area contributed by atoms with Gasteiger partial charge in [-0.2, -0.15) is 0 Å². The Balaban J connectivity index is 1.86. The van der Waals surface area contributed by atoms with Gasteiger partial charge in [0.2, 0.25) is 11.7 Å². The van der Waals surface area contributed by atoms with Crippen molar-refractivity contribution in [3.63, 3.8) is 0 Å². The van der Waals surface area contributed by atoms with Gasteiger partial charge in [0.15, 0.2) is 23.0 Å². The van der Waals surface area contributed by atoms with Crippen LogP contribution < -0.4 is 24.3 Å². The Morgan fingerprint density at radius 3 is 1.89 bits per heavy atom. The van der Waals surface area contributed by atoms with E-state index in [2.05, 4.69) is 5.32 Å². The second kappa shape index (κ2) is 11.6. The Bertz CT molecular complexity index is 1230. The molecule has 0 atom stereocenters. The van der Waals surface area contributed by atoms with Gasteiger partial charge in [-0.1, -0.05) is 24.3 Å². The molecule has 0 aliphatic carbocycles. The van der Waals surface area contributed by atoms with Gasteiger partial charge in [-0.05, 0) is 59.2 Å². The largest absolute Gasteiger partial charge is 0.504 e. The molecule has 3 aromatic rings. The lowest BCUT2D eigenvalue weighted by Crippen LogP contribution is -2.09. The molecule has 0 saturated carbocycles. The van der Waals surface area contributed by atoms with E-state index in [0.29, 0.717) is 28.4 Å². The van der Waals surface area contributed by atoms with Crippen LogP contribution in [-0.2, 0) is 4.79 Å². The Morgan fingerprint density at radius 2 is 1.34 bits per heavy atom. The molecule has 0 radical (unpaired) electrons. The predicted molar refractivity (Wildman–Crippen MR) is 134 cm³/mol. The Morgan fingerprint density at radius 1 is 0.771 bits per heavy atom. The van der Waals surface area contributed by atoms with Crippen molar-refractivity contribution in [1.82, 2.24) is 0 Å². The molecule has 0 bridgehead atoms. The first-order valence-electron chi connectivity index (χ1n) is 10.5. The SMILES string of the molecule is COc1cc(/C=C/c2cc(O)c(OC)c(NC(=O)/C=C/c3ccc(F)cc3)c2)cc(OC)c1OC. The summed E-state index contributed by atoms with van der Waals surface area (Å²) in [5.74, 6) is 0.666. The minimum absolute atomic E-state index is 0.124. The molecule has 0 aromatic heterocycles. The van der Waals surface area contributed by atoms with E-state index in [9.17, 15) is 14.3 Å². The van der Waals surface area contributed by atoms with Crippen molar-refractivity contribution in [3.05, 3.63) is 77.1 Å². The van der Waals surface area contributed by atoms with E-state index < -0.39 is 5.91 Å². The van der Waals surface area contributed by atoms with E-state index in [1.807, 2.05) is 0 Å². The van der Waals surface area contributed by atoms with E-state index in [1.165, 1.54) is 52.7 Å². The number of aromatic hydroxyl groups is 1. The van der Waals surface area contributed by atoms with E-state index in [0.717, 1.165) is 5.56 Å². The highest BCUT2D eigenvalue weighted by atomic mass is 19.1. The number of hydrogen-bond donors (Lipinski definition) is 2. The molecule has 7 nitrogen and oxygen atoms in total. The Hall–Kier alpha value is -4.46. The number of carbonyl (C=O) groups is 1.